The maximum absolute atomic E-state index is 7.50. The molecule has 0 saturated carbocycles. The van der Waals surface area contributed by atoms with Gasteiger partial charge in [0.05, 0.1) is 0 Å². The normalized spacial score (nSPS) is 3.00. The topological polar surface area (TPSA) is 104 Å². The van der Waals surface area contributed by atoms with E-state index in [0.717, 1.165) is 0 Å². The number of hydrogen-bond donors (Lipinski definition) is 0. The van der Waals surface area contributed by atoms with E-state index in [1.54, 1.807) is 0 Å². The van der Waals surface area contributed by atoms with E-state index in [1.807, 2.05) is 13.8 Å². The third kappa shape index (κ3) is 3350. The second kappa shape index (κ2) is 300. The molecule has 0 heterocycles. The summed E-state index contributed by atoms with van der Waals surface area (Å²) in [5.74, 6) is 0. The van der Waals surface area contributed by atoms with Crippen LogP contribution in [0.15, 0.2) is 0 Å². The van der Waals surface area contributed by atoms with Crippen LogP contribution in [0.25, 0.3) is 4.85 Å². The molecule has 0 radical (unpaired) electrons. The molecular formula is C9H7CrNO5. The van der Waals surface area contributed by atoms with Crippen molar-refractivity contribution in [1.82, 2.24) is 0 Å². The summed E-state index contributed by atoms with van der Waals surface area (Å²) in [7, 11) is 0. The van der Waals surface area contributed by atoms with Gasteiger partial charge in [-0.05, 0) is 0 Å². The van der Waals surface area contributed by atoms with Crippen molar-refractivity contribution in [2.24, 2.45) is 0 Å². The van der Waals surface area contributed by atoms with Crippen LogP contribution in [0.4, 0.5) is 0 Å². The molecule has 0 amide bonds. The minimum Gasteiger partial charge on any atom is 0 e. The Bertz CT molecular complexity index is 174. The molecule has 16 heavy (non-hydrogen) atoms. The zero-order valence-corrected chi connectivity index (χ0v) is 9.75. The Hall–Kier alpha value is -1.28. The third-order valence-corrected chi connectivity index (χ3v) is 0.258. The summed E-state index contributed by atoms with van der Waals surface area (Å²) in [6.45, 7) is 32.5. The molecular weight excluding hydrogens is 254 g/mol. The predicted molar refractivity (Wildman–Crippen MR) is 41.4 cm³/mol. The molecule has 0 fully saturated rings. The van der Waals surface area contributed by atoms with Crippen LogP contribution in [-0.4, -0.2) is 6.04 Å². The van der Waals surface area contributed by atoms with E-state index >= 15 is 0 Å². The van der Waals surface area contributed by atoms with Gasteiger partial charge in [0.1, 0.15) is 0 Å². The average Bonchev–Trinajstić information content (AvgIpc) is 2.41. The molecule has 0 N–H and O–H groups in total. The van der Waals surface area contributed by atoms with Crippen LogP contribution in [0.3, 0.4) is 0 Å². The summed E-state index contributed by atoms with van der Waals surface area (Å²) in [5.41, 5.74) is 0. The van der Waals surface area contributed by atoms with Gasteiger partial charge in [-0.15, -0.1) is 0 Å². The predicted octanol–water partition coefficient (Wildman–Crippen LogP) is 1.12. The van der Waals surface area contributed by atoms with E-state index in [1.165, 1.54) is 0 Å². The summed E-state index contributed by atoms with van der Waals surface area (Å²) in [5, 5.41) is 0. The number of nitrogens with zero attached hydrogens (tertiary/aromatic N) is 1. The molecule has 0 aromatic heterocycles. The van der Waals surface area contributed by atoms with Crippen LogP contribution in [0.5, 0.6) is 0 Å². The van der Waals surface area contributed by atoms with Gasteiger partial charge in [0, 0.05) is 31.2 Å². The fourth-order valence-electron chi connectivity index (χ4n) is 0. The zero-order valence-electron chi connectivity index (χ0n) is 8.47. The molecule has 84 valence electrons. The van der Waals surface area contributed by atoms with Crippen LogP contribution in [0.2, 0.25) is 0 Å². The molecule has 0 spiro atoms. The number of hydrogen-bond acceptors (Lipinski definition) is 0. The Labute approximate surface area is 106 Å². The Morgan fingerprint density at radius 3 is 0.750 bits per heavy atom. The van der Waals surface area contributed by atoms with Gasteiger partial charge in [-0.3, -0.25) is 0 Å². The second-order valence-electron chi connectivity index (χ2n) is 1.22. The maximum Gasteiger partial charge on any atom is 0 e. The molecule has 6 nitrogen and oxygen atoms in total. The van der Waals surface area contributed by atoms with Crippen LogP contribution in [-0.2, 0) is 40.6 Å². The number of rotatable bonds is 0. The van der Waals surface area contributed by atoms with Crippen molar-refractivity contribution in [3.05, 3.63) is 44.7 Å². The smallest absolute Gasteiger partial charge is 0 e. The summed E-state index contributed by atoms with van der Waals surface area (Å²) in [4.78, 5) is 3.14. The molecule has 0 aliphatic heterocycles. The first kappa shape index (κ1) is 46.5. The Kier molecular flexibility index (Phi) is 871. The molecule has 0 bridgehead atoms. The summed E-state index contributed by atoms with van der Waals surface area (Å²) in [6.07, 6.45) is 0. The minimum atomic E-state index is 0. The van der Waals surface area contributed by atoms with Crippen molar-refractivity contribution in [2.75, 3.05) is 0 Å². The molecule has 0 rings (SSSR count). The minimum absolute atomic E-state index is 0. The van der Waals surface area contributed by atoms with Crippen molar-refractivity contribution in [1.29, 1.82) is 0 Å². The van der Waals surface area contributed by atoms with Crippen molar-refractivity contribution in [3.8, 4) is 0 Å². The van der Waals surface area contributed by atoms with Gasteiger partial charge in [0.25, 0.3) is 0 Å². The summed E-state index contributed by atoms with van der Waals surface area (Å²) in [6, 6.07) is 0.176. The molecule has 0 atom stereocenters. The fraction of sp³-hybridized carbons (Fsp3) is 0.333. The molecule has 0 aromatic carbocycles. The average molecular weight is 261 g/mol. The van der Waals surface area contributed by atoms with Crippen molar-refractivity contribution < 1.29 is 40.6 Å². The standard InChI is InChI=1S/C4H7N.5CO.Cr/c1-4(2)5-3;5*1-2;/h4H,1-2H3;;;;;;. The van der Waals surface area contributed by atoms with E-state index in [-0.39, 0.29) is 23.4 Å². The van der Waals surface area contributed by atoms with Crippen molar-refractivity contribution in [3.63, 3.8) is 0 Å². The van der Waals surface area contributed by atoms with E-state index in [9.17, 15) is 0 Å². The summed E-state index contributed by atoms with van der Waals surface area (Å²) < 4.78 is 37.5. The van der Waals surface area contributed by atoms with Crippen molar-refractivity contribution >= 4 is 0 Å². The van der Waals surface area contributed by atoms with Crippen molar-refractivity contribution in [2.45, 2.75) is 19.9 Å². The Morgan fingerprint density at radius 1 is 0.688 bits per heavy atom. The van der Waals surface area contributed by atoms with Gasteiger partial charge in [-0.25, -0.2) is 6.57 Å². The molecule has 7 heteroatoms. The van der Waals surface area contributed by atoms with Gasteiger partial charge in [-0.2, -0.15) is 0 Å². The van der Waals surface area contributed by atoms with Gasteiger partial charge < -0.3 is 4.85 Å². The van der Waals surface area contributed by atoms with E-state index in [0.29, 0.717) is 0 Å². The zero-order chi connectivity index (χ0) is 14.3. The first-order valence-corrected chi connectivity index (χ1v) is 2.66. The van der Waals surface area contributed by atoms with E-state index in [4.69, 9.17) is 29.8 Å². The van der Waals surface area contributed by atoms with Crippen LogP contribution in [0, 0.1) is 39.8 Å². The molecule has 0 saturated heterocycles. The molecule has 0 aliphatic carbocycles. The first-order chi connectivity index (χ1) is 7.27. The Morgan fingerprint density at radius 2 is 0.750 bits per heavy atom. The fourth-order valence-corrected chi connectivity index (χ4v) is 0. The van der Waals surface area contributed by atoms with Gasteiger partial charge in [0.2, 0.25) is 6.04 Å². The van der Waals surface area contributed by atoms with Crippen LogP contribution >= 0.6 is 0 Å². The maximum atomic E-state index is 7.50. The van der Waals surface area contributed by atoms with E-state index in [2.05, 4.69) is 38.1 Å². The van der Waals surface area contributed by atoms with E-state index < -0.39 is 0 Å². The van der Waals surface area contributed by atoms with Crippen LogP contribution < -0.4 is 0 Å². The van der Waals surface area contributed by atoms with Gasteiger partial charge >= 0.3 is 56.5 Å². The third-order valence-electron chi connectivity index (χ3n) is 0.258. The molecule has 0 aliphatic rings. The van der Waals surface area contributed by atoms with Crippen LogP contribution in [0.1, 0.15) is 13.8 Å². The summed E-state index contributed by atoms with van der Waals surface area (Å²) >= 11 is 0. The monoisotopic (exact) mass is 261 g/mol. The quantitative estimate of drug-likeness (QED) is 0.460. The molecule has 0 unspecified atom stereocenters. The largest absolute Gasteiger partial charge is 0 e. The van der Waals surface area contributed by atoms with Gasteiger partial charge in [-0.1, -0.05) is 0 Å². The SMILES string of the molecule is [C-]#[N+]C(C)C.[C-]#[O+].[C-]#[O+].[C-]#[O+].[C-]#[O+].[C-]#[O+].[Cr]. The second-order valence-corrected chi connectivity index (χ2v) is 1.22. The van der Waals surface area contributed by atoms with Gasteiger partial charge in [0.15, 0.2) is 0 Å². The molecule has 0 aromatic rings. The first-order valence-electron chi connectivity index (χ1n) is 2.66. The Balaban J connectivity index is -0.0000000130.